The number of nitrogens with one attached hydrogen (secondary N) is 1. The Kier molecular flexibility index (Phi) is 8.07. The molecule has 9 heteroatoms. The van der Waals surface area contributed by atoms with Gasteiger partial charge in [0.2, 0.25) is 5.91 Å². The second-order valence-corrected chi connectivity index (χ2v) is 8.80. The topological polar surface area (TPSA) is 105 Å². The van der Waals surface area contributed by atoms with Gasteiger partial charge >= 0.3 is 5.69 Å². The summed E-state index contributed by atoms with van der Waals surface area (Å²) in [6.07, 6.45) is 5.35. The number of ether oxygens (including phenoxy) is 1. The van der Waals surface area contributed by atoms with Crippen LogP contribution in [0.3, 0.4) is 0 Å². The molecule has 0 radical (unpaired) electrons. The molecule has 0 bridgehead atoms. The Balaban J connectivity index is 1.54. The van der Waals surface area contributed by atoms with Gasteiger partial charge in [0.15, 0.2) is 11.6 Å². The lowest BCUT2D eigenvalue weighted by Crippen LogP contribution is -2.41. The molecule has 2 aromatic rings. The number of benzene rings is 1. The van der Waals surface area contributed by atoms with E-state index in [2.05, 4.69) is 4.98 Å². The number of nitrogens with zero attached hydrogens (tertiary/aromatic N) is 2. The van der Waals surface area contributed by atoms with Crippen LogP contribution in [0, 0.1) is 11.7 Å². The number of aryl methyl sites for hydroxylation is 1. The number of aromatic nitrogens is 2. The van der Waals surface area contributed by atoms with Crippen LogP contribution in [-0.2, 0) is 16.9 Å². The molecule has 1 aliphatic rings. The van der Waals surface area contributed by atoms with Crippen molar-refractivity contribution in [2.24, 2.45) is 5.92 Å². The number of halogens is 1. The Bertz CT molecular complexity index is 1080. The average molecular weight is 462 g/mol. The fourth-order valence-corrected chi connectivity index (χ4v) is 3.65. The highest BCUT2D eigenvalue weighted by Crippen LogP contribution is 2.33. The first-order valence-corrected chi connectivity index (χ1v) is 11.4. The van der Waals surface area contributed by atoms with E-state index < -0.39 is 22.7 Å². The van der Waals surface area contributed by atoms with Gasteiger partial charge in [0.05, 0.1) is 13.2 Å². The number of hydrogen-bond donors (Lipinski definition) is 2. The van der Waals surface area contributed by atoms with E-state index in [1.54, 1.807) is 7.05 Å². The van der Waals surface area contributed by atoms with Gasteiger partial charge in [0.1, 0.15) is 5.60 Å². The summed E-state index contributed by atoms with van der Waals surface area (Å²) in [5.74, 6) is -0.00525. The Morgan fingerprint density at radius 1 is 1.30 bits per heavy atom. The van der Waals surface area contributed by atoms with Gasteiger partial charge < -0.3 is 19.3 Å². The zero-order valence-electron chi connectivity index (χ0n) is 19.2. The number of carbonyl (C=O) groups is 1. The minimum absolute atomic E-state index is 0.0649. The molecule has 0 unspecified atom stereocenters. The minimum atomic E-state index is -1.33. The lowest BCUT2D eigenvalue weighted by atomic mass is 9.90. The normalized spacial score (nSPS) is 15.2. The second kappa shape index (κ2) is 10.8. The van der Waals surface area contributed by atoms with Crippen LogP contribution in [0.1, 0.15) is 51.0 Å². The standard InChI is InChI=1S/C24H32FN3O5/c1-3-24(32,18-9-10-19(25)20(14-18)33-15-17-7-8-17)16-27(2)22(30)6-4-5-12-28-13-11-21(29)26-23(28)31/h9-11,13-14,17,32H,3-8,12,15-16H2,1-2H3,(H,26,29,31)/t24-/m1/s1. The summed E-state index contributed by atoms with van der Waals surface area (Å²) in [6, 6.07) is 5.63. The lowest BCUT2D eigenvalue weighted by Gasteiger charge is -2.32. The first-order valence-electron chi connectivity index (χ1n) is 11.4. The Labute approximate surface area is 192 Å². The summed E-state index contributed by atoms with van der Waals surface area (Å²) >= 11 is 0. The van der Waals surface area contributed by atoms with Gasteiger partial charge in [-0.25, -0.2) is 9.18 Å². The second-order valence-electron chi connectivity index (χ2n) is 8.80. The fraction of sp³-hybridized carbons (Fsp3) is 0.542. The summed E-state index contributed by atoms with van der Waals surface area (Å²) in [5.41, 5.74) is -1.74. The largest absolute Gasteiger partial charge is 0.490 e. The molecule has 0 saturated heterocycles. The Hall–Kier alpha value is -2.94. The zero-order chi connectivity index (χ0) is 24.0. The fourth-order valence-electron chi connectivity index (χ4n) is 3.65. The zero-order valence-corrected chi connectivity index (χ0v) is 19.2. The van der Waals surface area contributed by atoms with Crippen molar-refractivity contribution in [3.63, 3.8) is 0 Å². The van der Waals surface area contributed by atoms with E-state index >= 15 is 0 Å². The van der Waals surface area contributed by atoms with Crippen LogP contribution in [0.4, 0.5) is 4.39 Å². The Morgan fingerprint density at radius 3 is 2.73 bits per heavy atom. The first-order chi connectivity index (χ1) is 15.7. The van der Waals surface area contributed by atoms with Crippen LogP contribution >= 0.6 is 0 Å². The van der Waals surface area contributed by atoms with Crippen molar-refractivity contribution >= 4 is 5.91 Å². The number of H-pyrrole nitrogens is 1. The highest BCUT2D eigenvalue weighted by molar-refractivity contribution is 5.75. The number of likely N-dealkylation sites (N-methyl/N-ethyl adjacent to an activating group) is 1. The number of carbonyl (C=O) groups excluding carboxylic acids is 1. The van der Waals surface area contributed by atoms with Crippen molar-refractivity contribution < 1.29 is 19.0 Å². The molecule has 1 aromatic carbocycles. The van der Waals surface area contributed by atoms with Gasteiger partial charge in [-0.15, -0.1) is 0 Å². The quantitative estimate of drug-likeness (QED) is 0.473. The summed E-state index contributed by atoms with van der Waals surface area (Å²) in [5, 5.41) is 11.2. The van der Waals surface area contributed by atoms with Gasteiger partial charge in [0, 0.05) is 32.3 Å². The molecule has 1 heterocycles. The molecule has 0 aliphatic heterocycles. The number of amides is 1. The smallest absolute Gasteiger partial charge is 0.328 e. The number of aromatic amines is 1. The molecule has 2 N–H and O–H groups in total. The highest BCUT2D eigenvalue weighted by atomic mass is 19.1. The molecule has 1 aliphatic carbocycles. The molecule has 1 atom stereocenters. The van der Waals surface area contributed by atoms with Crippen LogP contribution < -0.4 is 16.0 Å². The SMILES string of the molecule is CC[C@@](O)(CN(C)C(=O)CCCCn1ccc(=O)[nH]c1=O)c1ccc(F)c(OCC2CC2)c1. The molecule has 1 aromatic heterocycles. The van der Waals surface area contributed by atoms with E-state index in [4.69, 9.17) is 4.74 Å². The van der Waals surface area contributed by atoms with Gasteiger partial charge in [-0.3, -0.25) is 14.6 Å². The molecule has 3 rings (SSSR count). The van der Waals surface area contributed by atoms with Crippen LogP contribution in [0.15, 0.2) is 40.1 Å². The predicted octanol–water partition coefficient (Wildman–Crippen LogP) is 2.39. The molecular formula is C24H32FN3O5. The number of rotatable bonds is 12. The minimum Gasteiger partial charge on any atom is -0.490 e. The van der Waals surface area contributed by atoms with Crippen molar-refractivity contribution in [2.75, 3.05) is 20.2 Å². The lowest BCUT2D eigenvalue weighted by molar-refractivity contribution is -0.133. The van der Waals surface area contributed by atoms with Crippen molar-refractivity contribution in [2.45, 2.75) is 57.6 Å². The van der Waals surface area contributed by atoms with E-state index in [1.165, 1.54) is 39.9 Å². The number of hydrogen-bond acceptors (Lipinski definition) is 5. The van der Waals surface area contributed by atoms with Crippen molar-refractivity contribution in [3.8, 4) is 5.75 Å². The van der Waals surface area contributed by atoms with Crippen LogP contribution in [0.25, 0.3) is 0 Å². The molecular weight excluding hydrogens is 429 g/mol. The van der Waals surface area contributed by atoms with Gasteiger partial charge in [0.25, 0.3) is 5.56 Å². The van der Waals surface area contributed by atoms with E-state index in [9.17, 15) is 23.9 Å². The third-order valence-electron chi connectivity index (χ3n) is 6.09. The van der Waals surface area contributed by atoms with Gasteiger partial charge in [-0.1, -0.05) is 13.0 Å². The monoisotopic (exact) mass is 461 g/mol. The van der Waals surface area contributed by atoms with E-state index in [1.807, 2.05) is 6.92 Å². The molecule has 1 saturated carbocycles. The molecule has 1 amide bonds. The van der Waals surface area contributed by atoms with Gasteiger partial charge in [-0.2, -0.15) is 0 Å². The molecule has 1 fully saturated rings. The van der Waals surface area contributed by atoms with E-state index in [-0.39, 0.29) is 24.6 Å². The van der Waals surface area contributed by atoms with E-state index in [0.717, 1.165) is 12.8 Å². The molecule has 8 nitrogen and oxygen atoms in total. The summed E-state index contributed by atoms with van der Waals surface area (Å²) < 4.78 is 21.1. The average Bonchev–Trinajstić information content (AvgIpc) is 3.61. The number of aliphatic hydroxyl groups is 1. The third-order valence-corrected chi connectivity index (χ3v) is 6.09. The number of unbranched alkanes of at least 4 members (excludes halogenated alkanes) is 1. The van der Waals surface area contributed by atoms with Crippen LogP contribution in [0.2, 0.25) is 0 Å². The summed E-state index contributed by atoms with van der Waals surface area (Å²) in [6.45, 7) is 2.74. The van der Waals surface area contributed by atoms with Crippen LogP contribution in [-0.4, -0.2) is 45.7 Å². The van der Waals surface area contributed by atoms with Crippen LogP contribution in [0.5, 0.6) is 5.75 Å². The first kappa shape index (κ1) is 24.7. The van der Waals surface area contributed by atoms with Crippen molar-refractivity contribution in [3.05, 3.63) is 62.7 Å². The maximum Gasteiger partial charge on any atom is 0.328 e. The maximum absolute atomic E-state index is 14.2. The maximum atomic E-state index is 14.2. The van der Waals surface area contributed by atoms with Crippen molar-refractivity contribution in [1.29, 1.82) is 0 Å². The Morgan fingerprint density at radius 2 is 2.06 bits per heavy atom. The summed E-state index contributed by atoms with van der Waals surface area (Å²) in [4.78, 5) is 39.1. The summed E-state index contributed by atoms with van der Waals surface area (Å²) in [7, 11) is 1.63. The van der Waals surface area contributed by atoms with Gasteiger partial charge in [-0.05, 0) is 55.7 Å². The van der Waals surface area contributed by atoms with E-state index in [0.29, 0.717) is 43.9 Å². The third kappa shape index (κ3) is 6.77. The molecule has 33 heavy (non-hydrogen) atoms. The molecule has 180 valence electrons. The predicted molar refractivity (Wildman–Crippen MR) is 122 cm³/mol. The highest BCUT2D eigenvalue weighted by Gasteiger charge is 2.31. The van der Waals surface area contributed by atoms with Crippen molar-refractivity contribution in [1.82, 2.24) is 14.5 Å². The molecule has 0 spiro atoms.